The number of hydrogen-bond donors (Lipinski definition) is 2. The van der Waals surface area contributed by atoms with Gasteiger partial charge in [-0.3, -0.25) is 4.79 Å². The number of rotatable bonds is 14. The van der Waals surface area contributed by atoms with Gasteiger partial charge in [0.05, 0.1) is 5.41 Å². The SMILES string of the molecule is CC(C)(CO)CCCC1CCC(CCCC2CCC(CCCC(C)(C)C(=O)O)[S+]2[O-])[S+]1[O-]. The van der Waals surface area contributed by atoms with Gasteiger partial charge in [-0.2, -0.15) is 0 Å². The summed E-state index contributed by atoms with van der Waals surface area (Å²) < 4.78 is 25.8. The smallest absolute Gasteiger partial charge is 0.309 e. The molecule has 0 aromatic rings. The Kier molecular flexibility index (Phi) is 11.2. The summed E-state index contributed by atoms with van der Waals surface area (Å²) in [5.74, 6) is -0.761. The monoisotopic (exact) mass is 490 g/mol. The Morgan fingerprint density at radius 1 is 0.781 bits per heavy atom. The van der Waals surface area contributed by atoms with Crippen LogP contribution in [-0.2, 0) is 27.1 Å². The van der Waals surface area contributed by atoms with Crippen molar-refractivity contribution < 1.29 is 24.1 Å². The van der Waals surface area contributed by atoms with Crippen molar-refractivity contribution in [2.75, 3.05) is 6.61 Å². The van der Waals surface area contributed by atoms with Crippen molar-refractivity contribution in [2.45, 2.75) is 132 Å². The van der Waals surface area contributed by atoms with Crippen LogP contribution in [0.2, 0.25) is 0 Å². The number of carbonyl (C=O) groups is 1. The van der Waals surface area contributed by atoms with Gasteiger partial charge in [-0.25, -0.2) is 0 Å². The highest BCUT2D eigenvalue weighted by Crippen LogP contribution is 2.37. The zero-order valence-corrected chi connectivity index (χ0v) is 22.3. The highest BCUT2D eigenvalue weighted by atomic mass is 32.2. The van der Waals surface area contributed by atoms with Gasteiger partial charge in [0.15, 0.2) is 0 Å². The van der Waals surface area contributed by atoms with E-state index < -0.39 is 33.7 Å². The fraction of sp³-hybridized carbons (Fsp3) is 0.960. The lowest BCUT2D eigenvalue weighted by molar-refractivity contribution is -0.147. The first-order chi connectivity index (χ1) is 15.0. The van der Waals surface area contributed by atoms with Crippen molar-refractivity contribution in [3.05, 3.63) is 0 Å². The van der Waals surface area contributed by atoms with E-state index in [0.717, 1.165) is 77.0 Å². The second-order valence-corrected chi connectivity index (χ2v) is 15.5. The molecule has 0 aromatic heterocycles. The average Bonchev–Trinajstić information content (AvgIpc) is 3.25. The topological polar surface area (TPSA) is 104 Å². The predicted octanol–water partition coefficient (Wildman–Crippen LogP) is 5.19. The number of aliphatic hydroxyl groups excluding tert-OH is 1. The Hall–Kier alpha value is 0.0500. The summed E-state index contributed by atoms with van der Waals surface area (Å²) in [4.78, 5) is 11.2. The fourth-order valence-corrected chi connectivity index (χ4v) is 9.29. The summed E-state index contributed by atoms with van der Waals surface area (Å²) in [7, 11) is 0. The van der Waals surface area contributed by atoms with Gasteiger partial charge >= 0.3 is 5.97 Å². The highest BCUT2D eigenvalue weighted by Gasteiger charge is 2.40. The molecule has 2 saturated heterocycles. The van der Waals surface area contributed by atoms with Crippen LogP contribution in [0.1, 0.15) is 111 Å². The van der Waals surface area contributed by atoms with E-state index in [2.05, 4.69) is 13.8 Å². The van der Waals surface area contributed by atoms with E-state index in [4.69, 9.17) is 0 Å². The van der Waals surface area contributed by atoms with Gasteiger partial charge in [0, 0.05) is 6.61 Å². The lowest BCUT2D eigenvalue weighted by Gasteiger charge is -2.24. The minimum Gasteiger partial charge on any atom is -0.616 e. The molecule has 0 saturated carbocycles. The van der Waals surface area contributed by atoms with Crippen LogP contribution in [0, 0.1) is 10.8 Å². The molecule has 2 N–H and O–H groups in total. The summed E-state index contributed by atoms with van der Waals surface area (Å²) in [6, 6.07) is 0. The second kappa shape index (κ2) is 12.7. The van der Waals surface area contributed by atoms with Crippen molar-refractivity contribution in [3.8, 4) is 0 Å². The van der Waals surface area contributed by atoms with E-state index in [-0.39, 0.29) is 22.5 Å². The standard InChI is InChI=1S/C25H46O5S2/c1-24(2,18-26)16-6-10-21-14-12-19(31(21)29)8-5-9-20-13-15-22(32(20)30)11-7-17-25(3,4)23(27)28/h19-22,26H,5-18H2,1-4H3,(H,27,28). The summed E-state index contributed by atoms with van der Waals surface area (Å²) in [6.07, 6.45) is 12.4. The highest BCUT2D eigenvalue weighted by molar-refractivity contribution is 7.93. The van der Waals surface area contributed by atoms with Crippen molar-refractivity contribution in [1.29, 1.82) is 0 Å². The van der Waals surface area contributed by atoms with E-state index in [1.807, 2.05) is 0 Å². The van der Waals surface area contributed by atoms with Crippen LogP contribution in [0.3, 0.4) is 0 Å². The number of carboxylic acids is 1. The maximum Gasteiger partial charge on any atom is 0.309 e. The van der Waals surface area contributed by atoms with Crippen LogP contribution in [0.25, 0.3) is 0 Å². The normalized spacial score (nSPS) is 31.3. The third-order valence-corrected chi connectivity index (χ3v) is 12.2. The van der Waals surface area contributed by atoms with Gasteiger partial charge in [0.2, 0.25) is 0 Å². The van der Waals surface area contributed by atoms with Crippen molar-refractivity contribution in [2.24, 2.45) is 10.8 Å². The van der Waals surface area contributed by atoms with Crippen LogP contribution < -0.4 is 0 Å². The Morgan fingerprint density at radius 3 is 1.53 bits per heavy atom. The number of hydrogen-bond acceptors (Lipinski definition) is 4. The number of aliphatic hydroxyl groups is 1. The Bertz CT molecular complexity index is 583. The maximum absolute atomic E-state index is 12.9. The summed E-state index contributed by atoms with van der Waals surface area (Å²) in [5.41, 5.74) is -0.746. The molecule has 2 aliphatic rings. The molecule has 5 nitrogen and oxygen atoms in total. The van der Waals surface area contributed by atoms with Crippen LogP contribution in [0.5, 0.6) is 0 Å². The Morgan fingerprint density at radius 2 is 1.16 bits per heavy atom. The quantitative estimate of drug-likeness (QED) is 0.326. The van der Waals surface area contributed by atoms with E-state index in [9.17, 15) is 24.1 Å². The molecule has 7 heteroatoms. The minimum absolute atomic E-state index is 0.0409. The zero-order chi connectivity index (χ0) is 23.9. The van der Waals surface area contributed by atoms with Crippen molar-refractivity contribution in [1.82, 2.24) is 0 Å². The van der Waals surface area contributed by atoms with Crippen LogP contribution in [0.15, 0.2) is 0 Å². The number of carboxylic acid groups (broad SMARTS) is 1. The molecule has 2 aliphatic heterocycles. The minimum atomic E-state index is -0.814. The predicted molar refractivity (Wildman–Crippen MR) is 134 cm³/mol. The third kappa shape index (κ3) is 8.37. The Balaban J connectivity index is 1.64. The van der Waals surface area contributed by atoms with E-state index >= 15 is 0 Å². The molecule has 0 bridgehead atoms. The molecule has 6 atom stereocenters. The van der Waals surface area contributed by atoms with Gasteiger partial charge < -0.3 is 19.3 Å². The molecule has 0 radical (unpaired) electrons. The number of aliphatic carboxylic acids is 1. The average molecular weight is 491 g/mol. The summed E-state index contributed by atoms with van der Waals surface area (Å²) in [5, 5.41) is 19.7. The first-order valence-electron chi connectivity index (χ1n) is 12.6. The lowest BCUT2D eigenvalue weighted by Crippen LogP contribution is -2.26. The van der Waals surface area contributed by atoms with Crippen LogP contribution in [0.4, 0.5) is 0 Å². The van der Waals surface area contributed by atoms with Crippen LogP contribution >= 0.6 is 0 Å². The first-order valence-corrected chi connectivity index (χ1v) is 15.1. The van der Waals surface area contributed by atoms with E-state index in [1.165, 1.54) is 0 Å². The largest absolute Gasteiger partial charge is 0.616 e. The molecule has 6 unspecified atom stereocenters. The van der Waals surface area contributed by atoms with Crippen molar-refractivity contribution >= 4 is 28.3 Å². The van der Waals surface area contributed by atoms with E-state index in [0.29, 0.717) is 16.9 Å². The molecule has 2 rings (SSSR count). The molecular formula is C25H46O5S2. The molecule has 0 spiro atoms. The molecule has 2 heterocycles. The molecule has 0 aromatic carbocycles. The molecule has 0 amide bonds. The van der Waals surface area contributed by atoms with Crippen molar-refractivity contribution in [3.63, 3.8) is 0 Å². The van der Waals surface area contributed by atoms with E-state index in [1.54, 1.807) is 13.8 Å². The molecule has 32 heavy (non-hydrogen) atoms. The molecule has 0 aliphatic carbocycles. The molecular weight excluding hydrogens is 444 g/mol. The third-order valence-electron chi connectivity index (χ3n) is 7.70. The first kappa shape index (κ1) is 28.3. The van der Waals surface area contributed by atoms with Gasteiger partial charge in [-0.15, -0.1) is 0 Å². The molecule has 2 fully saturated rings. The summed E-state index contributed by atoms with van der Waals surface area (Å²) in [6.45, 7) is 7.88. The Labute approximate surface area is 201 Å². The molecule has 188 valence electrons. The maximum atomic E-state index is 12.9. The van der Waals surface area contributed by atoms with Gasteiger partial charge in [-0.1, -0.05) is 13.8 Å². The van der Waals surface area contributed by atoms with Crippen LogP contribution in [-0.4, -0.2) is 52.9 Å². The fourth-order valence-electron chi connectivity index (χ4n) is 5.13. The zero-order valence-electron chi connectivity index (χ0n) is 20.6. The lowest BCUT2D eigenvalue weighted by atomic mass is 9.87. The second-order valence-electron chi connectivity index (χ2n) is 11.5. The van der Waals surface area contributed by atoms with Gasteiger partial charge in [-0.05, 0) is 125 Å². The van der Waals surface area contributed by atoms with Gasteiger partial charge in [0.1, 0.15) is 21.0 Å². The summed E-state index contributed by atoms with van der Waals surface area (Å²) >= 11 is -1.56. The van der Waals surface area contributed by atoms with Gasteiger partial charge in [0.25, 0.3) is 0 Å².